The predicted molar refractivity (Wildman–Crippen MR) is 61.8 cm³/mol. The molecule has 1 unspecified atom stereocenters. The van der Waals surface area contributed by atoms with Crippen molar-refractivity contribution in [3.63, 3.8) is 0 Å². The van der Waals surface area contributed by atoms with Crippen LogP contribution in [0.2, 0.25) is 0 Å². The summed E-state index contributed by atoms with van der Waals surface area (Å²) in [4.78, 5) is 15.6. The predicted octanol–water partition coefficient (Wildman–Crippen LogP) is 0.357. The molecule has 0 aliphatic heterocycles. The SMILES string of the molecule is COCC(C)NC(=O)Cc1ccc(N)cn1. The van der Waals surface area contributed by atoms with E-state index in [1.165, 1.54) is 0 Å². The van der Waals surface area contributed by atoms with Crippen molar-refractivity contribution in [1.29, 1.82) is 0 Å². The van der Waals surface area contributed by atoms with Crippen LogP contribution >= 0.6 is 0 Å². The van der Waals surface area contributed by atoms with Gasteiger partial charge < -0.3 is 15.8 Å². The van der Waals surface area contributed by atoms with Gasteiger partial charge >= 0.3 is 0 Å². The molecule has 0 aliphatic rings. The standard InChI is InChI=1S/C11H17N3O2/c1-8(7-16-2)14-11(15)5-10-4-3-9(12)6-13-10/h3-4,6,8H,5,7,12H2,1-2H3,(H,14,15). The third kappa shape index (κ3) is 4.27. The third-order valence-electron chi connectivity index (χ3n) is 2.01. The number of rotatable bonds is 5. The lowest BCUT2D eigenvalue weighted by Gasteiger charge is -2.12. The first-order chi connectivity index (χ1) is 7.61. The van der Waals surface area contributed by atoms with Crippen molar-refractivity contribution >= 4 is 11.6 Å². The lowest BCUT2D eigenvalue weighted by molar-refractivity contribution is -0.121. The van der Waals surface area contributed by atoms with Gasteiger partial charge in [0.25, 0.3) is 0 Å². The van der Waals surface area contributed by atoms with Crippen LogP contribution < -0.4 is 11.1 Å². The van der Waals surface area contributed by atoms with Crippen LogP contribution in [-0.4, -0.2) is 30.6 Å². The van der Waals surface area contributed by atoms with Gasteiger partial charge in [-0.2, -0.15) is 0 Å². The lowest BCUT2D eigenvalue weighted by atomic mass is 10.2. The molecule has 3 N–H and O–H groups in total. The maximum atomic E-state index is 11.5. The van der Waals surface area contributed by atoms with Crippen LogP contribution in [0.5, 0.6) is 0 Å². The molecule has 0 radical (unpaired) electrons. The molecule has 16 heavy (non-hydrogen) atoms. The van der Waals surface area contributed by atoms with E-state index in [2.05, 4.69) is 10.3 Å². The van der Waals surface area contributed by atoms with E-state index in [-0.39, 0.29) is 18.4 Å². The van der Waals surface area contributed by atoms with Crippen molar-refractivity contribution in [1.82, 2.24) is 10.3 Å². The smallest absolute Gasteiger partial charge is 0.226 e. The number of nitrogens with two attached hydrogens (primary N) is 1. The zero-order valence-electron chi connectivity index (χ0n) is 9.56. The fraction of sp³-hybridized carbons (Fsp3) is 0.455. The summed E-state index contributed by atoms with van der Waals surface area (Å²) < 4.78 is 4.92. The number of nitrogens with one attached hydrogen (secondary N) is 1. The molecule has 0 aromatic carbocycles. The molecule has 1 amide bonds. The molecule has 1 aromatic rings. The van der Waals surface area contributed by atoms with Crippen LogP contribution in [-0.2, 0) is 16.0 Å². The largest absolute Gasteiger partial charge is 0.397 e. The number of pyridine rings is 1. The quantitative estimate of drug-likeness (QED) is 0.755. The number of ether oxygens (including phenoxy) is 1. The molecule has 88 valence electrons. The second kappa shape index (κ2) is 6.07. The minimum Gasteiger partial charge on any atom is -0.397 e. The van der Waals surface area contributed by atoms with Crippen LogP contribution in [0.4, 0.5) is 5.69 Å². The van der Waals surface area contributed by atoms with Crippen molar-refractivity contribution in [2.45, 2.75) is 19.4 Å². The zero-order chi connectivity index (χ0) is 12.0. The van der Waals surface area contributed by atoms with E-state index in [9.17, 15) is 4.79 Å². The first-order valence-electron chi connectivity index (χ1n) is 5.10. The fourth-order valence-corrected chi connectivity index (χ4v) is 1.32. The number of nitrogens with zero attached hydrogens (tertiary/aromatic N) is 1. The summed E-state index contributed by atoms with van der Waals surface area (Å²) in [6, 6.07) is 3.48. The summed E-state index contributed by atoms with van der Waals surface area (Å²) >= 11 is 0. The average Bonchev–Trinajstić information content (AvgIpc) is 2.21. The van der Waals surface area contributed by atoms with Crippen molar-refractivity contribution in [3.05, 3.63) is 24.0 Å². The molecule has 0 spiro atoms. The molecule has 0 saturated heterocycles. The first-order valence-corrected chi connectivity index (χ1v) is 5.10. The Kier molecular flexibility index (Phi) is 4.72. The van der Waals surface area contributed by atoms with Gasteiger partial charge in [-0.1, -0.05) is 0 Å². The lowest BCUT2D eigenvalue weighted by Crippen LogP contribution is -2.36. The Morgan fingerprint density at radius 1 is 1.62 bits per heavy atom. The van der Waals surface area contributed by atoms with E-state index in [0.717, 1.165) is 0 Å². The summed E-state index contributed by atoms with van der Waals surface area (Å²) in [6.07, 6.45) is 1.80. The highest BCUT2D eigenvalue weighted by atomic mass is 16.5. The van der Waals surface area contributed by atoms with Crippen LogP contribution in [0.1, 0.15) is 12.6 Å². The maximum absolute atomic E-state index is 11.5. The highest BCUT2D eigenvalue weighted by molar-refractivity contribution is 5.78. The number of hydrogen-bond donors (Lipinski definition) is 2. The summed E-state index contributed by atoms with van der Waals surface area (Å²) in [5.74, 6) is -0.0678. The van der Waals surface area contributed by atoms with Crippen LogP contribution in [0.15, 0.2) is 18.3 Å². The second-order valence-electron chi connectivity index (χ2n) is 3.68. The number of nitrogen functional groups attached to an aromatic ring is 1. The van der Waals surface area contributed by atoms with Gasteiger partial charge in [0.15, 0.2) is 0 Å². The Morgan fingerprint density at radius 3 is 2.94 bits per heavy atom. The number of hydrogen-bond acceptors (Lipinski definition) is 4. The Morgan fingerprint density at radius 2 is 2.38 bits per heavy atom. The Hall–Kier alpha value is -1.62. The molecular formula is C11H17N3O2. The molecule has 5 nitrogen and oxygen atoms in total. The first kappa shape index (κ1) is 12.4. The molecule has 1 atom stereocenters. The van der Waals surface area contributed by atoms with Gasteiger partial charge in [-0.15, -0.1) is 0 Å². The van der Waals surface area contributed by atoms with E-state index < -0.39 is 0 Å². The molecule has 0 bridgehead atoms. The van der Waals surface area contributed by atoms with E-state index in [1.54, 1.807) is 25.4 Å². The second-order valence-corrected chi connectivity index (χ2v) is 3.68. The Bertz CT molecular complexity index is 338. The van der Waals surface area contributed by atoms with E-state index in [1.807, 2.05) is 6.92 Å². The fourth-order valence-electron chi connectivity index (χ4n) is 1.32. The van der Waals surface area contributed by atoms with Gasteiger partial charge in [-0.05, 0) is 19.1 Å². The third-order valence-corrected chi connectivity index (χ3v) is 2.01. The number of amides is 1. The van der Waals surface area contributed by atoms with Gasteiger partial charge in [-0.3, -0.25) is 9.78 Å². The number of methoxy groups -OCH3 is 1. The topological polar surface area (TPSA) is 77.2 Å². The molecular weight excluding hydrogens is 206 g/mol. The summed E-state index contributed by atoms with van der Waals surface area (Å²) in [5.41, 5.74) is 6.80. The van der Waals surface area contributed by atoms with Gasteiger partial charge in [0.1, 0.15) is 0 Å². The van der Waals surface area contributed by atoms with Crippen molar-refractivity contribution in [2.24, 2.45) is 0 Å². The molecule has 0 saturated carbocycles. The van der Waals surface area contributed by atoms with Crippen LogP contribution in [0, 0.1) is 0 Å². The summed E-state index contributed by atoms with van der Waals surface area (Å²) in [7, 11) is 1.60. The minimum atomic E-state index is -0.0678. The molecule has 1 rings (SSSR count). The zero-order valence-corrected chi connectivity index (χ0v) is 9.56. The molecule has 5 heteroatoms. The van der Waals surface area contributed by atoms with E-state index in [4.69, 9.17) is 10.5 Å². The summed E-state index contributed by atoms with van der Waals surface area (Å²) in [5, 5.41) is 2.81. The number of carbonyl (C=O) groups is 1. The van der Waals surface area contributed by atoms with Crippen molar-refractivity contribution < 1.29 is 9.53 Å². The highest BCUT2D eigenvalue weighted by Crippen LogP contribution is 2.01. The summed E-state index contributed by atoms with van der Waals surface area (Å²) in [6.45, 7) is 2.39. The average molecular weight is 223 g/mol. The molecule has 0 fully saturated rings. The van der Waals surface area contributed by atoms with E-state index >= 15 is 0 Å². The minimum absolute atomic E-state index is 0.00582. The number of anilines is 1. The van der Waals surface area contributed by atoms with Crippen LogP contribution in [0.25, 0.3) is 0 Å². The normalized spacial score (nSPS) is 12.1. The van der Waals surface area contributed by atoms with Crippen molar-refractivity contribution in [2.75, 3.05) is 19.5 Å². The van der Waals surface area contributed by atoms with Crippen LogP contribution in [0.3, 0.4) is 0 Å². The monoisotopic (exact) mass is 223 g/mol. The highest BCUT2D eigenvalue weighted by Gasteiger charge is 2.08. The van der Waals surface area contributed by atoms with Gasteiger partial charge in [0.2, 0.25) is 5.91 Å². The van der Waals surface area contributed by atoms with E-state index in [0.29, 0.717) is 18.0 Å². The van der Waals surface area contributed by atoms with Gasteiger partial charge in [-0.25, -0.2) is 0 Å². The number of carbonyl (C=O) groups excluding carboxylic acids is 1. The Balaban J connectivity index is 2.42. The maximum Gasteiger partial charge on any atom is 0.226 e. The van der Waals surface area contributed by atoms with Gasteiger partial charge in [0, 0.05) is 18.8 Å². The Labute approximate surface area is 95.0 Å². The molecule has 0 aliphatic carbocycles. The van der Waals surface area contributed by atoms with Gasteiger partial charge in [0.05, 0.1) is 24.9 Å². The van der Waals surface area contributed by atoms with Crippen molar-refractivity contribution in [3.8, 4) is 0 Å². The molecule has 1 aromatic heterocycles. The number of aromatic nitrogens is 1. The molecule has 1 heterocycles.